The third-order valence-corrected chi connectivity index (χ3v) is 7.17. The Morgan fingerprint density at radius 2 is 1.97 bits per heavy atom. The minimum atomic E-state index is -0.0364. The number of amides is 1. The molecule has 2 aromatic carbocycles. The molecule has 0 saturated heterocycles. The summed E-state index contributed by atoms with van der Waals surface area (Å²) in [6, 6.07) is 15.9. The molecular formula is C22H20N4OS2. The topological polar surface area (TPSA) is 59.8 Å². The third-order valence-electron chi connectivity index (χ3n) is 4.99. The van der Waals surface area contributed by atoms with Gasteiger partial charge in [0, 0.05) is 24.7 Å². The molecule has 1 amide bonds. The van der Waals surface area contributed by atoms with Crippen LogP contribution in [-0.2, 0) is 17.8 Å². The summed E-state index contributed by atoms with van der Waals surface area (Å²) in [5.41, 5.74) is 3.68. The van der Waals surface area contributed by atoms with Gasteiger partial charge in [-0.1, -0.05) is 42.1 Å². The van der Waals surface area contributed by atoms with Crippen molar-refractivity contribution < 1.29 is 4.79 Å². The Hall–Kier alpha value is -2.64. The second kappa shape index (κ2) is 8.00. The number of aromatic nitrogens is 3. The molecule has 29 heavy (non-hydrogen) atoms. The van der Waals surface area contributed by atoms with Crippen molar-refractivity contribution in [2.24, 2.45) is 0 Å². The van der Waals surface area contributed by atoms with E-state index in [1.165, 1.54) is 24.6 Å². The molecule has 7 heteroatoms. The molecule has 0 fully saturated rings. The molecular weight excluding hydrogens is 400 g/mol. The Morgan fingerprint density at radius 3 is 2.86 bits per heavy atom. The van der Waals surface area contributed by atoms with E-state index in [0.29, 0.717) is 5.75 Å². The van der Waals surface area contributed by atoms with Crippen LogP contribution in [0.4, 0.5) is 5.69 Å². The maximum absolute atomic E-state index is 12.6. The summed E-state index contributed by atoms with van der Waals surface area (Å²) < 4.78 is 4.29. The van der Waals surface area contributed by atoms with E-state index in [1.54, 1.807) is 11.3 Å². The highest BCUT2D eigenvalue weighted by molar-refractivity contribution is 8.01. The molecule has 0 bridgehead atoms. The quantitative estimate of drug-likeness (QED) is 0.449. The third kappa shape index (κ3) is 3.93. The van der Waals surface area contributed by atoms with Crippen molar-refractivity contribution in [1.82, 2.24) is 14.5 Å². The molecule has 0 spiro atoms. The molecule has 1 N–H and O–H groups in total. The zero-order valence-electron chi connectivity index (χ0n) is 15.8. The van der Waals surface area contributed by atoms with Gasteiger partial charge in [0.25, 0.3) is 0 Å². The number of hydrogen-bond donors (Lipinski definition) is 1. The smallest absolute Gasteiger partial charge is 0.234 e. The number of hydrogen-bond acceptors (Lipinski definition) is 5. The molecule has 0 unspecified atom stereocenters. The highest BCUT2D eigenvalue weighted by Gasteiger charge is 2.16. The molecule has 146 valence electrons. The van der Waals surface area contributed by atoms with Crippen LogP contribution in [-0.4, -0.2) is 26.2 Å². The van der Waals surface area contributed by atoms with Gasteiger partial charge < -0.3 is 9.88 Å². The van der Waals surface area contributed by atoms with Crippen LogP contribution in [0.3, 0.4) is 0 Å². The van der Waals surface area contributed by atoms with Gasteiger partial charge >= 0.3 is 0 Å². The predicted octanol–water partition coefficient (Wildman–Crippen LogP) is 5.23. The summed E-state index contributed by atoms with van der Waals surface area (Å²) in [7, 11) is 0. The number of carbonyl (C=O) groups excluding carboxylic acids is 1. The number of nitrogens with zero attached hydrogens (tertiary/aromatic N) is 3. The van der Waals surface area contributed by atoms with Gasteiger partial charge in [-0.2, -0.15) is 0 Å². The number of thiazole rings is 1. The fourth-order valence-electron chi connectivity index (χ4n) is 3.58. The molecule has 0 saturated carbocycles. The fraction of sp³-hybridized carbons (Fsp3) is 0.227. The highest BCUT2D eigenvalue weighted by atomic mass is 32.2. The molecule has 3 heterocycles. The lowest BCUT2D eigenvalue weighted by molar-refractivity contribution is -0.113. The molecule has 1 aliphatic heterocycles. The maximum Gasteiger partial charge on any atom is 0.234 e. The number of fused-ring (bicyclic) bond motifs is 2. The molecule has 2 aromatic heterocycles. The number of carbonyl (C=O) groups is 1. The maximum atomic E-state index is 12.6. The zero-order valence-corrected chi connectivity index (χ0v) is 17.4. The van der Waals surface area contributed by atoms with Crippen molar-refractivity contribution in [3.8, 4) is 11.3 Å². The van der Waals surface area contributed by atoms with Crippen LogP contribution in [0.5, 0.6) is 0 Å². The van der Waals surface area contributed by atoms with Crippen LogP contribution in [0.2, 0.25) is 0 Å². The molecule has 5 nitrogen and oxygen atoms in total. The average Bonchev–Trinajstić information content (AvgIpc) is 3.36. The standard InChI is InChI=1S/C22H20N4OS2/c27-21(14-28-22-25-17-9-3-4-10-19(17)29-22)24-16-8-2-1-7-15(16)18-13-26-12-6-5-11-20(26)23-18/h1-4,7-10,13H,5-6,11-12,14H2,(H,24,27). The van der Waals surface area contributed by atoms with Crippen LogP contribution in [0, 0.1) is 0 Å². The lowest BCUT2D eigenvalue weighted by Crippen LogP contribution is -2.14. The van der Waals surface area contributed by atoms with Crippen LogP contribution in [0.1, 0.15) is 18.7 Å². The van der Waals surface area contributed by atoms with E-state index in [2.05, 4.69) is 27.1 Å². The molecule has 1 aliphatic rings. The van der Waals surface area contributed by atoms with Crippen LogP contribution >= 0.6 is 23.1 Å². The van der Waals surface area contributed by atoms with Crippen molar-refractivity contribution in [3.05, 3.63) is 60.6 Å². The number of aryl methyl sites for hydroxylation is 2. The summed E-state index contributed by atoms with van der Waals surface area (Å²) in [6.07, 6.45) is 5.52. The van der Waals surface area contributed by atoms with E-state index in [0.717, 1.165) is 50.3 Å². The monoisotopic (exact) mass is 420 g/mol. The van der Waals surface area contributed by atoms with Crippen molar-refractivity contribution in [2.45, 2.75) is 30.1 Å². The molecule has 5 rings (SSSR count). The number of nitrogens with one attached hydrogen (secondary N) is 1. The Kier molecular flexibility index (Phi) is 5.08. The fourth-order valence-corrected chi connectivity index (χ4v) is 5.45. The summed E-state index contributed by atoms with van der Waals surface area (Å²) in [4.78, 5) is 22.0. The average molecular weight is 421 g/mol. The van der Waals surface area contributed by atoms with Crippen molar-refractivity contribution in [2.75, 3.05) is 11.1 Å². The number of rotatable bonds is 5. The van der Waals surface area contributed by atoms with E-state index in [9.17, 15) is 4.79 Å². The second-order valence-electron chi connectivity index (χ2n) is 7.02. The Bertz CT molecular complexity index is 1120. The summed E-state index contributed by atoms with van der Waals surface area (Å²) in [5, 5.41) is 3.06. The van der Waals surface area contributed by atoms with Gasteiger partial charge in [0.1, 0.15) is 5.82 Å². The van der Waals surface area contributed by atoms with Crippen molar-refractivity contribution in [1.29, 1.82) is 0 Å². The van der Waals surface area contributed by atoms with E-state index < -0.39 is 0 Å². The number of benzene rings is 2. The lowest BCUT2D eigenvalue weighted by Gasteiger charge is -2.11. The number of para-hydroxylation sites is 2. The van der Waals surface area contributed by atoms with Crippen molar-refractivity contribution in [3.63, 3.8) is 0 Å². The molecule has 0 atom stereocenters. The Balaban J connectivity index is 1.30. The van der Waals surface area contributed by atoms with E-state index in [4.69, 9.17) is 4.98 Å². The van der Waals surface area contributed by atoms with Crippen LogP contribution in [0.25, 0.3) is 21.5 Å². The van der Waals surface area contributed by atoms with E-state index in [1.807, 2.05) is 42.5 Å². The lowest BCUT2D eigenvalue weighted by atomic mass is 10.1. The Labute approximate surface area is 177 Å². The van der Waals surface area contributed by atoms with E-state index in [-0.39, 0.29) is 5.91 Å². The van der Waals surface area contributed by atoms with Gasteiger partial charge in [-0.15, -0.1) is 11.3 Å². The van der Waals surface area contributed by atoms with Gasteiger partial charge in [-0.3, -0.25) is 4.79 Å². The minimum absolute atomic E-state index is 0.0364. The number of anilines is 1. The SMILES string of the molecule is O=C(CSc1nc2ccccc2s1)Nc1ccccc1-c1cn2c(n1)CCCC2. The van der Waals surface area contributed by atoms with Gasteiger partial charge in [0.2, 0.25) is 5.91 Å². The summed E-state index contributed by atoms with van der Waals surface area (Å²) in [5.74, 6) is 1.43. The van der Waals surface area contributed by atoms with E-state index >= 15 is 0 Å². The van der Waals surface area contributed by atoms with Crippen LogP contribution in [0.15, 0.2) is 59.1 Å². The van der Waals surface area contributed by atoms with Gasteiger partial charge in [-0.05, 0) is 31.0 Å². The first kappa shape index (κ1) is 18.4. The van der Waals surface area contributed by atoms with Gasteiger partial charge in [-0.25, -0.2) is 9.97 Å². The highest BCUT2D eigenvalue weighted by Crippen LogP contribution is 2.31. The minimum Gasteiger partial charge on any atom is -0.334 e. The first-order valence-electron chi connectivity index (χ1n) is 9.70. The predicted molar refractivity (Wildman–Crippen MR) is 120 cm³/mol. The second-order valence-corrected chi connectivity index (χ2v) is 9.28. The summed E-state index contributed by atoms with van der Waals surface area (Å²) >= 11 is 3.09. The van der Waals surface area contributed by atoms with Gasteiger partial charge in [0.15, 0.2) is 4.34 Å². The zero-order chi connectivity index (χ0) is 19.6. The number of thioether (sulfide) groups is 1. The van der Waals surface area contributed by atoms with Crippen LogP contribution < -0.4 is 5.32 Å². The normalized spacial score (nSPS) is 13.4. The number of imidazole rings is 1. The largest absolute Gasteiger partial charge is 0.334 e. The summed E-state index contributed by atoms with van der Waals surface area (Å²) in [6.45, 7) is 1.02. The van der Waals surface area contributed by atoms with Gasteiger partial charge in [0.05, 0.1) is 27.4 Å². The molecule has 0 radical (unpaired) electrons. The van der Waals surface area contributed by atoms with Crippen molar-refractivity contribution >= 4 is 44.9 Å². The molecule has 0 aliphatic carbocycles. The molecule has 4 aromatic rings. The Morgan fingerprint density at radius 1 is 1.10 bits per heavy atom. The first-order valence-corrected chi connectivity index (χ1v) is 11.5. The first-order chi connectivity index (χ1) is 14.3.